The zero-order valence-corrected chi connectivity index (χ0v) is 12.6. The van der Waals surface area contributed by atoms with Crippen LogP contribution in [0.5, 0.6) is 10.9 Å². The van der Waals surface area contributed by atoms with Crippen LogP contribution in [0.3, 0.4) is 0 Å². The fourth-order valence-electron chi connectivity index (χ4n) is 1.97. The molecule has 21 heavy (non-hydrogen) atoms. The van der Waals surface area contributed by atoms with Crippen LogP contribution in [0.25, 0.3) is 11.4 Å². The number of hydrogen-bond donors (Lipinski definition) is 1. The number of nitrogens with two attached hydrogens (primary N) is 1. The molecule has 4 nitrogen and oxygen atoms in total. The Morgan fingerprint density at radius 1 is 1.05 bits per heavy atom. The first kappa shape index (κ1) is 13.6. The topological polar surface area (TPSA) is 61.0 Å². The van der Waals surface area contributed by atoms with Gasteiger partial charge in [-0.25, -0.2) is 0 Å². The number of benzene rings is 2. The molecule has 3 aromatic rings. The summed E-state index contributed by atoms with van der Waals surface area (Å²) in [5.74, 6) is 1.44. The van der Waals surface area contributed by atoms with Gasteiger partial charge in [-0.3, -0.25) is 0 Å². The molecule has 1 heterocycles. The number of rotatable bonds is 3. The summed E-state index contributed by atoms with van der Waals surface area (Å²) < 4.78 is 10.2. The number of anilines is 1. The minimum Gasteiger partial charge on any atom is -0.430 e. The second kappa shape index (κ2) is 5.54. The molecule has 5 heteroatoms. The van der Waals surface area contributed by atoms with Crippen molar-refractivity contribution < 1.29 is 4.74 Å². The molecule has 2 aromatic carbocycles. The van der Waals surface area contributed by atoms with Gasteiger partial charge in [0.25, 0.3) is 5.19 Å². The number of hydrogen-bond acceptors (Lipinski definition) is 5. The lowest BCUT2D eigenvalue weighted by Crippen LogP contribution is -1.94. The van der Waals surface area contributed by atoms with E-state index in [1.807, 2.05) is 56.3 Å². The van der Waals surface area contributed by atoms with Crippen molar-refractivity contribution in [2.24, 2.45) is 0 Å². The van der Waals surface area contributed by atoms with Gasteiger partial charge in [-0.1, -0.05) is 30.3 Å². The maximum atomic E-state index is 5.88. The second-order valence-corrected chi connectivity index (χ2v) is 5.54. The van der Waals surface area contributed by atoms with Crippen molar-refractivity contribution >= 4 is 17.2 Å². The maximum Gasteiger partial charge on any atom is 0.299 e. The molecule has 0 aliphatic heterocycles. The maximum absolute atomic E-state index is 5.88. The summed E-state index contributed by atoms with van der Waals surface area (Å²) in [6, 6.07) is 13.7. The van der Waals surface area contributed by atoms with Crippen molar-refractivity contribution in [2.75, 3.05) is 5.73 Å². The van der Waals surface area contributed by atoms with Crippen molar-refractivity contribution in [1.82, 2.24) is 9.36 Å². The van der Waals surface area contributed by atoms with E-state index in [1.165, 1.54) is 11.5 Å². The molecule has 1 aromatic heterocycles. The van der Waals surface area contributed by atoms with Gasteiger partial charge >= 0.3 is 0 Å². The smallest absolute Gasteiger partial charge is 0.299 e. The van der Waals surface area contributed by atoms with Gasteiger partial charge in [0.2, 0.25) is 0 Å². The molecule has 0 atom stereocenters. The van der Waals surface area contributed by atoms with Crippen LogP contribution < -0.4 is 10.5 Å². The van der Waals surface area contributed by atoms with Crippen LogP contribution in [0.15, 0.2) is 42.5 Å². The predicted molar refractivity (Wildman–Crippen MR) is 85.7 cm³/mol. The first-order chi connectivity index (χ1) is 10.1. The van der Waals surface area contributed by atoms with Gasteiger partial charge in [0.05, 0.1) is 0 Å². The van der Waals surface area contributed by atoms with Crippen LogP contribution in [0.1, 0.15) is 11.1 Å². The highest BCUT2D eigenvalue weighted by atomic mass is 32.1. The quantitative estimate of drug-likeness (QED) is 0.736. The third kappa shape index (κ3) is 2.87. The minimum absolute atomic E-state index is 0.529. The highest BCUT2D eigenvalue weighted by Gasteiger charge is 2.10. The van der Waals surface area contributed by atoms with E-state index in [0.717, 1.165) is 28.1 Å². The molecule has 0 spiro atoms. The number of nitrogen functional groups attached to an aromatic ring is 1. The Bertz CT molecular complexity index is 768. The predicted octanol–water partition coefficient (Wildman–Crippen LogP) is 4.20. The zero-order chi connectivity index (χ0) is 14.8. The lowest BCUT2D eigenvalue weighted by atomic mass is 10.1. The highest BCUT2D eigenvalue weighted by Crippen LogP contribution is 2.31. The Kier molecular flexibility index (Phi) is 3.58. The number of aryl methyl sites for hydroxylation is 2. The molecule has 0 radical (unpaired) electrons. The molecule has 0 aliphatic rings. The summed E-state index contributed by atoms with van der Waals surface area (Å²) in [5.41, 5.74) is 9.60. The molecular weight excluding hydrogens is 282 g/mol. The summed E-state index contributed by atoms with van der Waals surface area (Å²) in [6.45, 7) is 3.92. The van der Waals surface area contributed by atoms with Gasteiger partial charge in [0, 0.05) is 22.8 Å². The van der Waals surface area contributed by atoms with E-state index in [1.54, 1.807) is 0 Å². The molecule has 106 valence electrons. The fourth-order valence-corrected chi connectivity index (χ4v) is 2.54. The monoisotopic (exact) mass is 297 g/mol. The van der Waals surface area contributed by atoms with E-state index in [-0.39, 0.29) is 0 Å². The van der Waals surface area contributed by atoms with Gasteiger partial charge in [0.15, 0.2) is 5.82 Å². The van der Waals surface area contributed by atoms with Crippen LogP contribution in [0.2, 0.25) is 0 Å². The number of ether oxygens (including phenoxy) is 1. The van der Waals surface area contributed by atoms with Crippen molar-refractivity contribution in [3.63, 3.8) is 0 Å². The van der Waals surface area contributed by atoms with Gasteiger partial charge < -0.3 is 10.5 Å². The van der Waals surface area contributed by atoms with Crippen LogP contribution in [0, 0.1) is 13.8 Å². The number of aromatic nitrogens is 2. The Labute approximate surface area is 127 Å². The number of nitrogens with zero attached hydrogens (tertiary/aromatic N) is 2. The largest absolute Gasteiger partial charge is 0.430 e. The molecule has 2 N–H and O–H groups in total. The zero-order valence-electron chi connectivity index (χ0n) is 11.8. The van der Waals surface area contributed by atoms with Crippen LogP contribution in [-0.4, -0.2) is 9.36 Å². The molecule has 0 bridgehead atoms. The Hall–Kier alpha value is -2.40. The summed E-state index contributed by atoms with van der Waals surface area (Å²) in [6.07, 6.45) is 0. The Morgan fingerprint density at radius 3 is 2.57 bits per heavy atom. The van der Waals surface area contributed by atoms with E-state index >= 15 is 0 Å². The summed E-state index contributed by atoms with van der Waals surface area (Å²) >= 11 is 1.24. The molecule has 0 saturated heterocycles. The third-order valence-electron chi connectivity index (χ3n) is 3.20. The Morgan fingerprint density at radius 2 is 1.81 bits per heavy atom. The molecule has 0 fully saturated rings. The minimum atomic E-state index is 0.529. The van der Waals surface area contributed by atoms with E-state index < -0.39 is 0 Å². The van der Waals surface area contributed by atoms with Crippen LogP contribution >= 0.6 is 11.5 Å². The van der Waals surface area contributed by atoms with Crippen molar-refractivity contribution in [3.05, 3.63) is 53.6 Å². The summed E-state index contributed by atoms with van der Waals surface area (Å²) in [4.78, 5) is 4.42. The molecular formula is C16H15N3OS. The summed E-state index contributed by atoms with van der Waals surface area (Å²) in [5, 5.41) is 0.529. The van der Waals surface area contributed by atoms with Crippen LogP contribution in [-0.2, 0) is 0 Å². The first-order valence-electron chi connectivity index (χ1n) is 6.57. The van der Waals surface area contributed by atoms with E-state index in [0.29, 0.717) is 11.0 Å². The second-order valence-electron chi connectivity index (χ2n) is 4.83. The van der Waals surface area contributed by atoms with Crippen molar-refractivity contribution in [2.45, 2.75) is 13.8 Å². The molecule has 0 saturated carbocycles. The molecule has 0 amide bonds. The average Bonchev–Trinajstić information content (AvgIpc) is 2.94. The van der Waals surface area contributed by atoms with Gasteiger partial charge in [-0.15, -0.1) is 0 Å². The van der Waals surface area contributed by atoms with Crippen molar-refractivity contribution in [1.29, 1.82) is 0 Å². The lowest BCUT2D eigenvalue weighted by molar-refractivity contribution is 0.475. The normalized spacial score (nSPS) is 10.6. The van der Waals surface area contributed by atoms with Crippen molar-refractivity contribution in [3.8, 4) is 22.3 Å². The van der Waals surface area contributed by atoms with Crippen LogP contribution in [0.4, 0.5) is 5.69 Å². The van der Waals surface area contributed by atoms with Gasteiger partial charge in [0.1, 0.15) is 5.75 Å². The molecule has 0 unspecified atom stereocenters. The van der Waals surface area contributed by atoms with Gasteiger partial charge in [-0.05, 0) is 37.1 Å². The molecule has 3 rings (SSSR count). The SMILES string of the molecule is Cc1cc(Oc2nc(-c3ccccc3)ns2)c(C)cc1N. The third-order valence-corrected chi connectivity index (χ3v) is 3.80. The fraction of sp³-hybridized carbons (Fsp3) is 0.125. The van der Waals surface area contributed by atoms with E-state index in [2.05, 4.69) is 9.36 Å². The highest BCUT2D eigenvalue weighted by molar-refractivity contribution is 7.07. The van der Waals surface area contributed by atoms with E-state index in [9.17, 15) is 0 Å². The van der Waals surface area contributed by atoms with Gasteiger partial charge in [-0.2, -0.15) is 9.36 Å². The Balaban J connectivity index is 1.87. The summed E-state index contributed by atoms with van der Waals surface area (Å²) in [7, 11) is 0. The first-order valence-corrected chi connectivity index (χ1v) is 7.34. The average molecular weight is 297 g/mol. The standard InChI is InChI=1S/C16H15N3OS/c1-10-9-14(11(2)8-13(10)17)20-16-18-15(19-21-16)12-6-4-3-5-7-12/h3-9H,17H2,1-2H3. The van der Waals surface area contributed by atoms with E-state index in [4.69, 9.17) is 10.5 Å². The lowest BCUT2D eigenvalue weighted by Gasteiger charge is -2.08. The molecule has 0 aliphatic carbocycles.